The summed E-state index contributed by atoms with van der Waals surface area (Å²) in [5.74, 6) is -0.0248. The van der Waals surface area contributed by atoms with E-state index in [1.54, 1.807) is 17.0 Å². The van der Waals surface area contributed by atoms with Crippen LogP contribution >= 0.6 is 11.6 Å². The molecule has 0 atom stereocenters. The number of hydrogen-bond acceptors (Lipinski definition) is 3. The zero-order valence-corrected chi connectivity index (χ0v) is 15.7. The smallest absolute Gasteiger partial charge is 0.303 e. The van der Waals surface area contributed by atoms with Crippen LogP contribution in [0.3, 0.4) is 0 Å². The third-order valence-electron chi connectivity index (χ3n) is 4.76. The van der Waals surface area contributed by atoms with Crippen LogP contribution < -0.4 is 4.74 Å². The van der Waals surface area contributed by atoms with Gasteiger partial charge in [0.15, 0.2) is 0 Å². The number of hydrogen-bond donors (Lipinski definition) is 1. The van der Waals surface area contributed by atoms with Gasteiger partial charge in [0.1, 0.15) is 12.4 Å². The Hall–Kier alpha value is -2.53. The number of likely N-dealkylation sites (tertiary alicyclic amines) is 1. The molecule has 0 saturated carbocycles. The summed E-state index contributed by atoms with van der Waals surface area (Å²) in [6.45, 7) is 1.58. The van der Waals surface area contributed by atoms with Crippen LogP contribution in [-0.2, 0) is 11.4 Å². The Balaban J connectivity index is 1.57. The van der Waals surface area contributed by atoms with Crippen LogP contribution in [0, 0.1) is 5.92 Å². The van der Waals surface area contributed by atoms with Gasteiger partial charge in [-0.2, -0.15) is 0 Å². The van der Waals surface area contributed by atoms with E-state index in [4.69, 9.17) is 21.4 Å². The zero-order chi connectivity index (χ0) is 19.2. The van der Waals surface area contributed by atoms with Crippen LogP contribution in [0.5, 0.6) is 5.75 Å². The summed E-state index contributed by atoms with van der Waals surface area (Å²) in [6.07, 6.45) is 1.63. The van der Waals surface area contributed by atoms with E-state index >= 15 is 0 Å². The summed E-state index contributed by atoms with van der Waals surface area (Å²) in [5.41, 5.74) is 1.58. The van der Waals surface area contributed by atoms with E-state index < -0.39 is 5.97 Å². The lowest BCUT2D eigenvalue weighted by Gasteiger charge is -2.31. The Kier molecular flexibility index (Phi) is 6.35. The molecule has 27 heavy (non-hydrogen) atoms. The van der Waals surface area contributed by atoms with Crippen molar-refractivity contribution in [3.05, 3.63) is 64.7 Å². The molecule has 0 unspecified atom stereocenters. The van der Waals surface area contributed by atoms with Crippen LogP contribution in [0.1, 0.15) is 35.2 Å². The number of ether oxygens (including phenoxy) is 1. The van der Waals surface area contributed by atoms with E-state index in [2.05, 4.69) is 0 Å². The van der Waals surface area contributed by atoms with Gasteiger partial charge in [-0.15, -0.1) is 0 Å². The van der Waals surface area contributed by atoms with E-state index in [1.807, 2.05) is 36.4 Å². The first-order valence-corrected chi connectivity index (χ1v) is 9.37. The van der Waals surface area contributed by atoms with Gasteiger partial charge in [-0.1, -0.05) is 29.8 Å². The topological polar surface area (TPSA) is 66.8 Å². The molecule has 0 bridgehead atoms. The molecule has 1 aliphatic rings. The molecular weight excluding hydrogens is 366 g/mol. The average molecular weight is 388 g/mol. The largest absolute Gasteiger partial charge is 0.489 e. The summed E-state index contributed by atoms with van der Waals surface area (Å²) in [7, 11) is 0. The number of carboxylic acids is 1. The summed E-state index contributed by atoms with van der Waals surface area (Å²) in [5, 5.41) is 9.57. The molecule has 1 N–H and O–H groups in total. The van der Waals surface area contributed by atoms with Crippen LogP contribution in [-0.4, -0.2) is 35.0 Å². The van der Waals surface area contributed by atoms with Crippen molar-refractivity contribution in [1.29, 1.82) is 0 Å². The molecule has 1 saturated heterocycles. The van der Waals surface area contributed by atoms with Gasteiger partial charge in [0.2, 0.25) is 0 Å². The fourth-order valence-electron chi connectivity index (χ4n) is 3.24. The van der Waals surface area contributed by atoms with Gasteiger partial charge >= 0.3 is 5.97 Å². The van der Waals surface area contributed by atoms with Crippen LogP contribution in [0.2, 0.25) is 5.02 Å². The highest BCUT2D eigenvalue weighted by molar-refractivity contribution is 6.30. The maximum atomic E-state index is 12.7. The van der Waals surface area contributed by atoms with Crippen LogP contribution in [0.4, 0.5) is 0 Å². The standard InChI is InChI=1S/C21H22ClNO4/c22-18-6-4-16(5-7-18)14-27-19-3-1-2-17(13-19)21(26)23-10-8-15(9-11-23)12-20(24)25/h1-7,13,15H,8-12,14H2,(H,24,25). The number of amides is 1. The van der Waals surface area contributed by atoms with Gasteiger partial charge in [0.05, 0.1) is 0 Å². The summed E-state index contributed by atoms with van der Waals surface area (Å²) in [4.78, 5) is 25.3. The number of nitrogens with zero attached hydrogens (tertiary/aromatic N) is 1. The molecule has 0 aliphatic carbocycles. The quantitative estimate of drug-likeness (QED) is 0.804. The number of benzene rings is 2. The Labute approximate surface area is 163 Å². The van der Waals surface area contributed by atoms with Crippen molar-refractivity contribution in [3.63, 3.8) is 0 Å². The number of aliphatic carboxylic acids is 1. The molecule has 142 valence electrons. The van der Waals surface area contributed by atoms with Crippen LogP contribution in [0.25, 0.3) is 0 Å². The number of halogens is 1. The Morgan fingerprint density at radius 1 is 1.11 bits per heavy atom. The molecule has 3 rings (SSSR count). The maximum Gasteiger partial charge on any atom is 0.303 e. The molecule has 1 amide bonds. The third-order valence-corrected chi connectivity index (χ3v) is 5.02. The van der Waals surface area contributed by atoms with E-state index in [0.29, 0.717) is 36.0 Å². The molecule has 1 heterocycles. The van der Waals surface area contributed by atoms with Crippen LogP contribution in [0.15, 0.2) is 48.5 Å². The number of piperidine rings is 1. The zero-order valence-electron chi connectivity index (χ0n) is 14.9. The minimum absolute atomic E-state index is 0.0410. The van der Waals surface area contributed by atoms with Crippen molar-refractivity contribution >= 4 is 23.5 Å². The van der Waals surface area contributed by atoms with Crippen molar-refractivity contribution in [2.45, 2.75) is 25.9 Å². The second kappa shape index (κ2) is 8.91. The molecule has 1 fully saturated rings. The monoisotopic (exact) mass is 387 g/mol. The first kappa shape index (κ1) is 19.2. The van der Waals surface area contributed by atoms with Crippen molar-refractivity contribution in [2.24, 2.45) is 5.92 Å². The number of carbonyl (C=O) groups excluding carboxylic acids is 1. The van der Waals surface area contributed by atoms with Crippen molar-refractivity contribution in [2.75, 3.05) is 13.1 Å². The fraction of sp³-hybridized carbons (Fsp3) is 0.333. The highest BCUT2D eigenvalue weighted by atomic mass is 35.5. The summed E-state index contributed by atoms with van der Waals surface area (Å²) in [6, 6.07) is 14.6. The van der Waals surface area contributed by atoms with Gasteiger partial charge in [-0.05, 0) is 54.7 Å². The van der Waals surface area contributed by atoms with E-state index in [9.17, 15) is 9.59 Å². The minimum Gasteiger partial charge on any atom is -0.489 e. The Morgan fingerprint density at radius 3 is 2.48 bits per heavy atom. The van der Waals surface area contributed by atoms with Gasteiger partial charge in [0, 0.05) is 30.1 Å². The second-order valence-corrected chi connectivity index (χ2v) is 7.21. The van der Waals surface area contributed by atoms with Gasteiger partial charge in [-0.3, -0.25) is 9.59 Å². The van der Waals surface area contributed by atoms with Crippen molar-refractivity contribution in [1.82, 2.24) is 4.90 Å². The molecule has 1 aliphatic heterocycles. The minimum atomic E-state index is -0.773. The van der Waals surface area contributed by atoms with Gasteiger partial charge in [0.25, 0.3) is 5.91 Å². The maximum absolute atomic E-state index is 12.7. The Morgan fingerprint density at radius 2 is 1.81 bits per heavy atom. The number of carboxylic acid groups (broad SMARTS) is 1. The fourth-order valence-corrected chi connectivity index (χ4v) is 3.36. The van der Waals surface area contributed by atoms with E-state index in [1.165, 1.54) is 0 Å². The first-order chi connectivity index (χ1) is 13.0. The lowest BCUT2D eigenvalue weighted by molar-refractivity contribution is -0.138. The molecule has 6 heteroatoms. The molecule has 0 spiro atoms. The van der Waals surface area contributed by atoms with E-state index in [-0.39, 0.29) is 18.2 Å². The summed E-state index contributed by atoms with van der Waals surface area (Å²) < 4.78 is 5.79. The normalized spacial score (nSPS) is 14.8. The average Bonchev–Trinajstić information content (AvgIpc) is 2.67. The highest BCUT2D eigenvalue weighted by Gasteiger charge is 2.25. The summed E-state index contributed by atoms with van der Waals surface area (Å²) >= 11 is 5.88. The first-order valence-electron chi connectivity index (χ1n) is 8.99. The molecule has 0 aromatic heterocycles. The molecule has 0 radical (unpaired) electrons. The van der Waals surface area contributed by atoms with Crippen molar-refractivity contribution < 1.29 is 19.4 Å². The molecule has 5 nitrogen and oxygen atoms in total. The number of carbonyl (C=O) groups is 2. The lowest BCUT2D eigenvalue weighted by atomic mass is 9.93. The molecular formula is C21H22ClNO4. The predicted molar refractivity (Wildman–Crippen MR) is 103 cm³/mol. The predicted octanol–water partition coefficient (Wildman–Crippen LogP) is 4.25. The third kappa shape index (κ3) is 5.47. The Bertz CT molecular complexity index is 798. The lowest BCUT2D eigenvalue weighted by Crippen LogP contribution is -2.38. The highest BCUT2D eigenvalue weighted by Crippen LogP contribution is 2.23. The van der Waals surface area contributed by atoms with Crippen molar-refractivity contribution in [3.8, 4) is 5.75 Å². The molecule has 2 aromatic rings. The second-order valence-electron chi connectivity index (χ2n) is 6.78. The number of rotatable bonds is 6. The molecule has 2 aromatic carbocycles. The van der Waals surface area contributed by atoms with Gasteiger partial charge < -0.3 is 14.7 Å². The van der Waals surface area contributed by atoms with E-state index in [0.717, 1.165) is 18.4 Å². The SMILES string of the molecule is O=C(O)CC1CCN(C(=O)c2cccc(OCc3ccc(Cl)cc3)c2)CC1. The van der Waals surface area contributed by atoms with Gasteiger partial charge in [-0.25, -0.2) is 0 Å².